The summed E-state index contributed by atoms with van der Waals surface area (Å²) in [4.78, 5) is 11.3. The average molecular weight is 175 g/mol. The van der Waals surface area contributed by atoms with Gasteiger partial charge in [-0.2, -0.15) is 5.26 Å². The lowest BCUT2D eigenvalue weighted by atomic mass is 9.90. The van der Waals surface area contributed by atoms with Gasteiger partial charge in [0.25, 0.3) is 0 Å². The SMILES string of the molecule is N#CCC1OC(=O)C2CC=CC=C12. The summed E-state index contributed by atoms with van der Waals surface area (Å²) in [5.74, 6) is -0.306. The highest BCUT2D eigenvalue weighted by atomic mass is 16.6. The molecule has 0 amide bonds. The van der Waals surface area contributed by atoms with Crippen molar-refractivity contribution in [3.05, 3.63) is 23.8 Å². The highest BCUT2D eigenvalue weighted by Gasteiger charge is 2.38. The Bertz CT molecular complexity index is 335. The van der Waals surface area contributed by atoms with Crippen molar-refractivity contribution < 1.29 is 9.53 Å². The second-order valence-electron chi connectivity index (χ2n) is 3.17. The van der Waals surface area contributed by atoms with E-state index in [0.29, 0.717) is 6.42 Å². The number of hydrogen-bond donors (Lipinski definition) is 0. The Morgan fingerprint density at radius 3 is 3.31 bits per heavy atom. The molecule has 0 aromatic rings. The maximum atomic E-state index is 11.3. The van der Waals surface area contributed by atoms with Gasteiger partial charge in [-0.3, -0.25) is 4.79 Å². The molecule has 1 fully saturated rings. The maximum absolute atomic E-state index is 11.3. The standard InChI is InChI=1S/C10H9NO2/c11-6-5-9-7-3-1-2-4-8(7)10(12)13-9/h1-3,8-9H,4-5H2. The molecule has 3 nitrogen and oxygen atoms in total. The Hall–Kier alpha value is -1.56. The highest BCUT2D eigenvalue weighted by Crippen LogP contribution is 2.34. The minimum atomic E-state index is -0.299. The molecular weight excluding hydrogens is 166 g/mol. The summed E-state index contributed by atoms with van der Waals surface area (Å²) in [6, 6.07) is 2.02. The van der Waals surface area contributed by atoms with Gasteiger partial charge in [0.1, 0.15) is 6.10 Å². The first-order valence-electron chi connectivity index (χ1n) is 4.27. The van der Waals surface area contributed by atoms with Crippen molar-refractivity contribution in [3.63, 3.8) is 0 Å². The van der Waals surface area contributed by atoms with Crippen LogP contribution in [0, 0.1) is 17.2 Å². The van der Waals surface area contributed by atoms with Crippen LogP contribution in [-0.2, 0) is 9.53 Å². The van der Waals surface area contributed by atoms with E-state index in [1.165, 1.54) is 0 Å². The van der Waals surface area contributed by atoms with Crippen LogP contribution in [0.15, 0.2) is 23.8 Å². The predicted octanol–water partition coefficient (Wildman–Crippen LogP) is 1.33. The van der Waals surface area contributed by atoms with Crippen LogP contribution >= 0.6 is 0 Å². The zero-order valence-corrected chi connectivity index (χ0v) is 7.06. The van der Waals surface area contributed by atoms with Crippen molar-refractivity contribution in [1.82, 2.24) is 0 Å². The predicted molar refractivity (Wildman–Crippen MR) is 45.4 cm³/mol. The average Bonchev–Trinajstić information content (AvgIpc) is 2.46. The van der Waals surface area contributed by atoms with E-state index in [1.54, 1.807) is 0 Å². The molecular formula is C10H9NO2. The third-order valence-corrected chi connectivity index (χ3v) is 2.39. The zero-order chi connectivity index (χ0) is 9.26. The molecule has 0 bridgehead atoms. The van der Waals surface area contributed by atoms with Gasteiger partial charge >= 0.3 is 5.97 Å². The number of cyclic esters (lactones) is 1. The van der Waals surface area contributed by atoms with E-state index in [9.17, 15) is 4.79 Å². The van der Waals surface area contributed by atoms with Gasteiger partial charge in [0.2, 0.25) is 0 Å². The Labute approximate surface area is 76.3 Å². The number of carbonyl (C=O) groups is 1. The number of fused-ring (bicyclic) bond motifs is 1. The molecule has 2 atom stereocenters. The van der Waals surface area contributed by atoms with E-state index in [0.717, 1.165) is 5.57 Å². The second kappa shape index (κ2) is 3.06. The minimum Gasteiger partial charge on any atom is -0.456 e. The minimum absolute atomic E-state index is 0.122. The number of hydrogen-bond acceptors (Lipinski definition) is 3. The van der Waals surface area contributed by atoms with Gasteiger partial charge in [0.15, 0.2) is 0 Å². The van der Waals surface area contributed by atoms with Gasteiger partial charge in [-0.1, -0.05) is 18.2 Å². The summed E-state index contributed by atoms with van der Waals surface area (Å²) < 4.78 is 5.08. The van der Waals surface area contributed by atoms with Crippen molar-refractivity contribution in [3.8, 4) is 6.07 Å². The van der Waals surface area contributed by atoms with E-state index in [2.05, 4.69) is 0 Å². The molecule has 0 aromatic heterocycles. The molecule has 2 rings (SSSR count). The number of carbonyl (C=O) groups excluding carboxylic acids is 1. The Morgan fingerprint density at radius 2 is 2.54 bits per heavy atom. The molecule has 1 saturated heterocycles. The number of nitrogens with zero attached hydrogens (tertiary/aromatic N) is 1. The second-order valence-corrected chi connectivity index (χ2v) is 3.17. The summed E-state index contributed by atoms with van der Waals surface area (Å²) >= 11 is 0. The topological polar surface area (TPSA) is 50.1 Å². The van der Waals surface area contributed by atoms with E-state index < -0.39 is 0 Å². The summed E-state index contributed by atoms with van der Waals surface area (Å²) in [6.45, 7) is 0. The lowest BCUT2D eigenvalue weighted by Gasteiger charge is -2.10. The van der Waals surface area contributed by atoms with E-state index in [-0.39, 0.29) is 24.4 Å². The molecule has 2 unspecified atom stereocenters. The van der Waals surface area contributed by atoms with Crippen LogP contribution in [0.25, 0.3) is 0 Å². The number of ether oxygens (including phenoxy) is 1. The van der Waals surface area contributed by atoms with Crippen LogP contribution in [0.4, 0.5) is 0 Å². The van der Waals surface area contributed by atoms with Crippen molar-refractivity contribution in [1.29, 1.82) is 5.26 Å². The van der Waals surface area contributed by atoms with E-state index >= 15 is 0 Å². The zero-order valence-electron chi connectivity index (χ0n) is 7.06. The first kappa shape index (κ1) is 8.06. The third kappa shape index (κ3) is 1.25. The molecule has 0 spiro atoms. The summed E-state index contributed by atoms with van der Waals surface area (Å²) in [6.07, 6.45) is 6.44. The molecule has 0 saturated carbocycles. The Kier molecular flexibility index (Phi) is 1.90. The first-order chi connectivity index (χ1) is 6.33. The largest absolute Gasteiger partial charge is 0.456 e. The summed E-state index contributed by atoms with van der Waals surface area (Å²) in [5.41, 5.74) is 0.967. The van der Waals surface area contributed by atoms with E-state index in [1.807, 2.05) is 24.3 Å². The van der Waals surface area contributed by atoms with Crippen molar-refractivity contribution in [2.75, 3.05) is 0 Å². The quantitative estimate of drug-likeness (QED) is 0.565. The fourth-order valence-corrected chi connectivity index (χ4v) is 1.74. The van der Waals surface area contributed by atoms with Gasteiger partial charge in [0, 0.05) is 0 Å². The molecule has 13 heavy (non-hydrogen) atoms. The summed E-state index contributed by atoms with van der Waals surface area (Å²) in [7, 11) is 0. The Morgan fingerprint density at radius 1 is 1.69 bits per heavy atom. The monoisotopic (exact) mass is 175 g/mol. The highest BCUT2D eigenvalue weighted by molar-refractivity contribution is 5.80. The normalized spacial score (nSPS) is 30.4. The van der Waals surface area contributed by atoms with Crippen LogP contribution in [0.5, 0.6) is 0 Å². The molecule has 2 aliphatic rings. The maximum Gasteiger partial charge on any atom is 0.314 e. The number of allylic oxidation sites excluding steroid dienone is 3. The van der Waals surface area contributed by atoms with Gasteiger partial charge < -0.3 is 4.74 Å². The van der Waals surface area contributed by atoms with Crippen LogP contribution in [0.1, 0.15) is 12.8 Å². The molecule has 3 heteroatoms. The van der Waals surface area contributed by atoms with Crippen LogP contribution in [-0.4, -0.2) is 12.1 Å². The molecule has 1 aliphatic heterocycles. The fourth-order valence-electron chi connectivity index (χ4n) is 1.74. The van der Waals surface area contributed by atoms with Gasteiger partial charge in [0.05, 0.1) is 18.4 Å². The van der Waals surface area contributed by atoms with Crippen LogP contribution < -0.4 is 0 Å². The van der Waals surface area contributed by atoms with Crippen LogP contribution in [0.3, 0.4) is 0 Å². The molecule has 0 radical (unpaired) electrons. The number of esters is 1. The summed E-state index contributed by atoms with van der Waals surface area (Å²) in [5, 5.41) is 8.52. The van der Waals surface area contributed by atoms with Crippen LogP contribution in [0.2, 0.25) is 0 Å². The smallest absolute Gasteiger partial charge is 0.314 e. The van der Waals surface area contributed by atoms with Gasteiger partial charge in [-0.25, -0.2) is 0 Å². The van der Waals surface area contributed by atoms with Crippen molar-refractivity contribution in [2.24, 2.45) is 5.92 Å². The fraction of sp³-hybridized carbons (Fsp3) is 0.400. The molecule has 1 aliphatic carbocycles. The van der Waals surface area contributed by atoms with Crippen molar-refractivity contribution in [2.45, 2.75) is 18.9 Å². The third-order valence-electron chi connectivity index (χ3n) is 2.39. The van der Waals surface area contributed by atoms with E-state index in [4.69, 9.17) is 10.00 Å². The number of nitriles is 1. The molecule has 0 aromatic carbocycles. The van der Waals surface area contributed by atoms with Gasteiger partial charge in [-0.15, -0.1) is 0 Å². The van der Waals surface area contributed by atoms with Gasteiger partial charge in [-0.05, 0) is 12.0 Å². The Balaban J connectivity index is 2.25. The lowest BCUT2D eigenvalue weighted by molar-refractivity contribution is -0.144. The number of rotatable bonds is 1. The molecule has 66 valence electrons. The first-order valence-corrected chi connectivity index (χ1v) is 4.27. The lowest BCUT2D eigenvalue weighted by Crippen LogP contribution is -2.10. The van der Waals surface area contributed by atoms with Crippen molar-refractivity contribution >= 4 is 5.97 Å². The molecule has 1 heterocycles. The molecule has 0 N–H and O–H groups in total.